The maximum atomic E-state index is 5.44. The molecule has 0 atom stereocenters. The summed E-state index contributed by atoms with van der Waals surface area (Å²) in [5.74, 6) is 1.00. The van der Waals surface area contributed by atoms with E-state index in [4.69, 9.17) is 4.74 Å². The Balaban J connectivity index is 2.06. The van der Waals surface area contributed by atoms with Crippen LogP contribution in [-0.4, -0.2) is 37.7 Å². The Kier molecular flexibility index (Phi) is 5.86. The highest BCUT2D eigenvalue weighted by atomic mass is 16.5. The van der Waals surface area contributed by atoms with Crippen LogP contribution in [0.5, 0.6) is 5.75 Å². The number of aryl methyl sites for hydroxylation is 1. The molecule has 1 aromatic rings. The molecule has 1 heterocycles. The first-order valence-electron chi connectivity index (χ1n) is 7.83. The Labute approximate surface area is 123 Å². The van der Waals surface area contributed by atoms with Gasteiger partial charge in [-0.2, -0.15) is 0 Å². The van der Waals surface area contributed by atoms with Gasteiger partial charge in [0, 0.05) is 12.6 Å². The fourth-order valence-electron chi connectivity index (χ4n) is 3.05. The van der Waals surface area contributed by atoms with Crippen molar-refractivity contribution in [1.82, 2.24) is 10.2 Å². The number of benzene rings is 1. The van der Waals surface area contributed by atoms with Gasteiger partial charge in [0.25, 0.3) is 0 Å². The van der Waals surface area contributed by atoms with Crippen LogP contribution in [0.4, 0.5) is 0 Å². The number of methoxy groups -OCH3 is 1. The van der Waals surface area contributed by atoms with E-state index in [0.29, 0.717) is 0 Å². The molecule has 3 heteroatoms. The van der Waals surface area contributed by atoms with Crippen molar-refractivity contribution in [2.45, 2.75) is 45.7 Å². The monoisotopic (exact) mass is 276 g/mol. The minimum atomic E-state index is 0.725. The van der Waals surface area contributed by atoms with Gasteiger partial charge in [-0.15, -0.1) is 0 Å². The molecule has 1 saturated heterocycles. The summed E-state index contributed by atoms with van der Waals surface area (Å²) in [6.45, 7) is 8.89. The summed E-state index contributed by atoms with van der Waals surface area (Å²) in [6.07, 6.45) is 3.75. The van der Waals surface area contributed by atoms with E-state index < -0.39 is 0 Å². The summed E-state index contributed by atoms with van der Waals surface area (Å²) in [6, 6.07) is 7.32. The van der Waals surface area contributed by atoms with Crippen LogP contribution in [0.3, 0.4) is 0 Å². The van der Waals surface area contributed by atoms with Gasteiger partial charge in [0.2, 0.25) is 0 Å². The summed E-state index contributed by atoms with van der Waals surface area (Å²) < 4.78 is 5.44. The highest BCUT2D eigenvalue weighted by molar-refractivity contribution is 5.36. The van der Waals surface area contributed by atoms with E-state index in [1.54, 1.807) is 7.11 Å². The lowest BCUT2D eigenvalue weighted by Crippen LogP contribution is -2.43. The van der Waals surface area contributed by atoms with E-state index in [1.807, 2.05) is 0 Å². The molecular formula is C17H28N2O. The molecule has 1 aliphatic rings. The third-order valence-corrected chi connectivity index (χ3v) is 4.19. The quantitative estimate of drug-likeness (QED) is 0.864. The molecule has 2 rings (SSSR count). The molecule has 3 nitrogen and oxygen atoms in total. The summed E-state index contributed by atoms with van der Waals surface area (Å²) in [5, 5.41) is 3.45. The fourth-order valence-corrected chi connectivity index (χ4v) is 3.05. The Morgan fingerprint density at radius 2 is 2.05 bits per heavy atom. The molecule has 0 radical (unpaired) electrons. The van der Waals surface area contributed by atoms with Crippen LogP contribution < -0.4 is 10.1 Å². The SMILES string of the molecule is CCCN(Cc1ccc(C)c(OC)c1)C1CCNCC1. The van der Waals surface area contributed by atoms with Crippen molar-refractivity contribution < 1.29 is 4.74 Å². The zero-order valence-corrected chi connectivity index (χ0v) is 13.1. The largest absolute Gasteiger partial charge is 0.496 e. The Morgan fingerprint density at radius 1 is 1.30 bits per heavy atom. The Morgan fingerprint density at radius 3 is 2.70 bits per heavy atom. The van der Waals surface area contributed by atoms with Crippen LogP contribution in [0.15, 0.2) is 18.2 Å². The van der Waals surface area contributed by atoms with Crippen LogP contribution >= 0.6 is 0 Å². The lowest BCUT2D eigenvalue weighted by Gasteiger charge is -2.34. The van der Waals surface area contributed by atoms with E-state index in [1.165, 1.54) is 36.9 Å². The first-order chi connectivity index (χ1) is 9.74. The number of nitrogens with zero attached hydrogens (tertiary/aromatic N) is 1. The lowest BCUT2D eigenvalue weighted by molar-refractivity contribution is 0.154. The van der Waals surface area contributed by atoms with Crippen molar-refractivity contribution in [3.8, 4) is 5.75 Å². The van der Waals surface area contributed by atoms with Crippen LogP contribution in [0.1, 0.15) is 37.3 Å². The smallest absolute Gasteiger partial charge is 0.122 e. The number of hydrogen-bond donors (Lipinski definition) is 1. The van der Waals surface area contributed by atoms with E-state index in [-0.39, 0.29) is 0 Å². The van der Waals surface area contributed by atoms with E-state index in [2.05, 4.69) is 42.3 Å². The predicted octanol–water partition coefficient (Wildman–Crippen LogP) is 2.97. The molecule has 1 N–H and O–H groups in total. The second-order valence-corrected chi connectivity index (χ2v) is 5.76. The van der Waals surface area contributed by atoms with Crippen LogP contribution in [0.25, 0.3) is 0 Å². The molecule has 0 aliphatic carbocycles. The lowest BCUT2D eigenvalue weighted by atomic mass is 10.0. The van der Waals surface area contributed by atoms with Gasteiger partial charge in [0.05, 0.1) is 7.11 Å². The first-order valence-corrected chi connectivity index (χ1v) is 7.83. The molecule has 0 aromatic heterocycles. The highest BCUT2D eigenvalue weighted by Gasteiger charge is 2.20. The van der Waals surface area contributed by atoms with Crippen LogP contribution in [0.2, 0.25) is 0 Å². The summed E-state index contributed by atoms with van der Waals surface area (Å²) in [4.78, 5) is 2.64. The third kappa shape index (κ3) is 3.97. The molecule has 0 bridgehead atoms. The van der Waals surface area contributed by atoms with Gasteiger partial charge in [-0.1, -0.05) is 19.1 Å². The first kappa shape index (κ1) is 15.3. The zero-order valence-electron chi connectivity index (χ0n) is 13.1. The zero-order chi connectivity index (χ0) is 14.4. The minimum absolute atomic E-state index is 0.725. The standard InChI is InChI=1S/C17H28N2O/c1-4-11-19(16-7-9-18-10-8-16)13-15-6-5-14(2)17(12-15)20-3/h5-6,12,16,18H,4,7-11,13H2,1-3H3. The van der Waals surface area contributed by atoms with Crippen molar-refractivity contribution >= 4 is 0 Å². The maximum absolute atomic E-state index is 5.44. The van der Waals surface area contributed by atoms with E-state index in [9.17, 15) is 0 Å². The van der Waals surface area contributed by atoms with Gasteiger partial charge in [-0.25, -0.2) is 0 Å². The van der Waals surface area contributed by atoms with Gasteiger partial charge in [-0.05, 0) is 63.0 Å². The van der Waals surface area contributed by atoms with E-state index in [0.717, 1.165) is 31.4 Å². The summed E-state index contributed by atoms with van der Waals surface area (Å²) in [5.41, 5.74) is 2.57. The number of hydrogen-bond acceptors (Lipinski definition) is 3. The molecule has 1 aliphatic heterocycles. The summed E-state index contributed by atoms with van der Waals surface area (Å²) in [7, 11) is 1.75. The molecule has 0 unspecified atom stereocenters. The number of ether oxygens (including phenoxy) is 1. The van der Waals surface area contributed by atoms with Crippen molar-refractivity contribution in [2.75, 3.05) is 26.7 Å². The topological polar surface area (TPSA) is 24.5 Å². The molecule has 0 spiro atoms. The number of nitrogens with one attached hydrogen (secondary N) is 1. The molecule has 0 saturated carbocycles. The number of piperidine rings is 1. The second kappa shape index (κ2) is 7.65. The Hall–Kier alpha value is -1.06. The third-order valence-electron chi connectivity index (χ3n) is 4.19. The van der Waals surface area contributed by atoms with Gasteiger partial charge in [0.1, 0.15) is 5.75 Å². The molecular weight excluding hydrogens is 248 g/mol. The molecule has 112 valence electrons. The minimum Gasteiger partial charge on any atom is -0.496 e. The maximum Gasteiger partial charge on any atom is 0.122 e. The predicted molar refractivity (Wildman–Crippen MR) is 84.3 cm³/mol. The molecule has 1 fully saturated rings. The van der Waals surface area contributed by atoms with Crippen molar-refractivity contribution in [2.24, 2.45) is 0 Å². The van der Waals surface area contributed by atoms with Crippen molar-refractivity contribution in [3.63, 3.8) is 0 Å². The fraction of sp³-hybridized carbons (Fsp3) is 0.647. The van der Waals surface area contributed by atoms with Gasteiger partial charge >= 0.3 is 0 Å². The van der Waals surface area contributed by atoms with Gasteiger partial charge in [0.15, 0.2) is 0 Å². The Bertz CT molecular complexity index is 413. The number of rotatable bonds is 6. The van der Waals surface area contributed by atoms with Crippen molar-refractivity contribution in [3.05, 3.63) is 29.3 Å². The molecule has 0 amide bonds. The normalized spacial score (nSPS) is 16.6. The highest BCUT2D eigenvalue weighted by Crippen LogP contribution is 2.22. The average molecular weight is 276 g/mol. The van der Waals surface area contributed by atoms with Crippen molar-refractivity contribution in [1.29, 1.82) is 0 Å². The summed E-state index contributed by atoms with van der Waals surface area (Å²) >= 11 is 0. The van der Waals surface area contributed by atoms with Crippen LogP contribution in [0, 0.1) is 6.92 Å². The van der Waals surface area contributed by atoms with Gasteiger partial charge in [-0.3, -0.25) is 4.90 Å². The molecule has 20 heavy (non-hydrogen) atoms. The van der Waals surface area contributed by atoms with Gasteiger partial charge < -0.3 is 10.1 Å². The van der Waals surface area contributed by atoms with E-state index >= 15 is 0 Å². The second-order valence-electron chi connectivity index (χ2n) is 5.76. The van der Waals surface area contributed by atoms with Crippen LogP contribution in [-0.2, 0) is 6.54 Å². The molecule has 1 aromatic carbocycles. The average Bonchev–Trinajstić information content (AvgIpc) is 2.49.